The van der Waals surface area contributed by atoms with Crippen LogP contribution in [0.4, 0.5) is 28.4 Å². The van der Waals surface area contributed by atoms with Crippen molar-refractivity contribution in [3.05, 3.63) is 77.9 Å². The summed E-state index contributed by atoms with van der Waals surface area (Å²) >= 11 is 0. The normalized spacial score (nSPS) is 14.4. The molecule has 0 amide bonds. The summed E-state index contributed by atoms with van der Waals surface area (Å²) in [5.74, 6) is 0. The van der Waals surface area contributed by atoms with E-state index in [4.69, 9.17) is 4.74 Å². The molecule has 0 aliphatic carbocycles. The van der Waals surface area contributed by atoms with Crippen LogP contribution in [0.3, 0.4) is 0 Å². The van der Waals surface area contributed by atoms with Gasteiger partial charge >= 0.3 is 0 Å². The van der Waals surface area contributed by atoms with E-state index >= 15 is 0 Å². The molecule has 0 aromatic heterocycles. The molecule has 0 spiro atoms. The summed E-state index contributed by atoms with van der Waals surface area (Å²) in [5.41, 5.74) is 6.89. The molecule has 3 aromatic rings. The van der Waals surface area contributed by atoms with Crippen molar-refractivity contribution in [1.82, 2.24) is 0 Å². The van der Waals surface area contributed by atoms with Crippen LogP contribution in [0.1, 0.15) is 37.3 Å². The Morgan fingerprint density at radius 1 is 0.735 bits per heavy atom. The fourth-order valence-electron chi connectivity index (χ4n) is 3.90. The largest absolute Gasteiger partial charge is 0.378 e. The van der Waals surface area contributed by atoms with Crippen molar-refractivity contribution >= 4 is 28.4 Å². The van der Waals surface area contributed by atoms with Crippen molar-refractivity contribution in [2.45, 2.75) is 39.5 Å². The molecule has 0 atom stereocenters. The van der Waals surface area contributed by atoms with Crippen molar-refractivity contribution in [2.24, 2.45) is 20.5 Å². The fourth-order valence-corrected chi connectivity index (χ4v) is 3.90. The second-order valence-corrected chi connectivity index (χ2v) is 8.61. The molecule has 0 unspecified atom stereocenters. The van der Waals surface area contributed by atoms with Crippen LogP contribution in [0.5, 0.6) is 0 Å². The predicted molar refractivity (Wildman–Crippen MR) is 139 cm³/mol. The summed E-state index contributed by atoms with van der Waals surface area (Å²) in [4.78, 5) is 2.32. The van der Waals surface area contributed by atoms with E-state index in [2.05, 4.69) is 56.5 Å². The number of rotatable bonds is 9. The van der Waals surface area contributed by atoms with E-state index in [0.29, 0.717) is 0 Å². The van der Waals surface area contributed by atoms with Crippen LogP contribution in [-0.2, 0) is 11.2 Å². The smallest absolute Gasteiger partial charge is 0.0887 e. The predicted octanol–water partition coefficient (Wildman–Crippen LogP) is 8.40. The van der Waals surface area contributed by atoms with Crippen LogP contribution in [0.2, 0.25) is 0 Å². The monoisotopic (exact) mass is 455 g/mol. The van der Waals surface area contributed by atoms with Crippen molar-refractivity contribution < 1.29 is 4.74 Å². The molecule has 3 aromatic carbocycles. The van der Waals surface area contributed by atoms with Gasteiger partial charge in [-0.1, -0.05) is 31.9 Å². The van der Waals surface area contributed by atoms with Crippen molar-refractivity contribution in [2.75, 3.05) is 31.2 Å². The number of nitrogens with zero attached hydrogens (tertiary/aromatic N) is 5. The van der Waals surface area contributed by atoms with E-state index in [1.165, 1.54) is 30.5 Å². The molecule has 1 fully saturated rings. The zero-order valence-corrected chi connectivity index (χ0v) is 20.2. The Bertz CT molecular complexity index is 1100. The lowest BCUT2D eigenvalue weighted by Crippen LogP contribution is -2.36. The highest BCUT2D eigenvalue weighted by atomic mass is 16.5. The quantitative estimate of drug-likeness (QED) is 0.240. The fraction of sp³-hybridized carbons (Fsp3) is 0.357. The topological polar surface area (TPSA) is 61.9 Å². The molecule has 0 saturated carbocycles. The molecule has 34 heavy (non-hydrogen) atoms. The zero-order valence-electron chi connectivity index (χ0n) is 20.2. The first kappa shape index (κ1) is 23.8. The first-order chi connectivity index (χ1) is 16.7. The first-order valence-corrected chi connectivity index (χ1v) is 12.2. The maximum Gasteiger partial charge on any atom is 0.0887 e. The minimum Gasteiger partial charge on any atom is -0.378 e. The standard InChI is InChI=1S/C28H33N5O/c1-3-4-5-6-23-7-9-24(10-8-23)30-32-28-16-13-26(21-22(28)2)31-29-25-11-14-27(15-12-25)33-17-19-34-20-18-33/h7-16,21H,3-6,17-20H2,1-2H3. The summed E-state index contributed by atoms with van der Waals surface area (Å²) in [6.07, 6.45) is 4.88. The van der Waals surface area contributed by atoms with Crippen LogP contribution >= 0.6 is 0 Å². The molecule has 1 aliphatic rings. The van der Waals surface area contributed by atoms with Gasteiger partial charge in [-0.2, -0.15) is 20.5 Å². The second-order valence-electron chi connectivity index (χ2n) is 8.61. The number of hydrogen-bond acceptors (Lipinski definition) is 6. The SMILES string of the molecule is CCCCCc1ccc(N=Nc2ccc(N=Nc3ccc(N4CCOCC4)cc3)cc2C)cc1. The summed E-state index contributed by atoms with van der Waals surface area (Å²) in [6.45, 7) is 7.65. The maximum absolute atomic E-state index is 5.42. The lowest BCUT2D eigenvalue weighted by molar-refractivity contribution is 0.122. The van der Waals surface area contributed by atoms with Gasteiger partial charge in [-0.3, -0.25) is 0 Å². The summed E-state index contributed by atoms with van der Waals surface area (Å²) < 4.78 is 5.42. The number of anilines is 1. The van der Waals surface area contributed by atoms with Crippen LogP contribution in [0.25, 0.3) is 0 Å². The minimum absolute atomic E-state index is 0.780. The molecule has 176 valence electrons. The highest BCUT2D eigenvalue weighted by Crippen LogP contribution is 2.28. The van der Waals surface area contributed by atoms with Gasteiger partial charge in [-0.15, -0.1) is 0 Å². The van der Waals surface area contributed by atoms with Gasteiger partial charge in [-0.25, -0.2) is 0 Å². The van der Waals surface area contributed by atoms with E-state index in [0.717, 1.165) is 61.0 Å². The Balaban J connectivity index is 1.34. The number of benzene rings is 3. The van der Waals surface area contributed by atoms with E-state index < -0.39 is 0 Å². The van der Waals surface area contributed by atoms with E-state index in [1.807, 2.05) is 49.4 Å². The highest BCUT2D eigenvalue weighted by molar-refractivity contribution is 5.55. The molecule has 6 nitrogen and oxygen atoms in total. The molecule has 4 rings (SSSR count). The maximum atomic E-state index is 5.42. The number of hydrogen-bond donors (Lipinski definition) is 0. The third-order valence-corrected chi connectivity index (χ3v) is 5.97. The average molecular weight is 456 g/mol. The summed E-state index contributed by atoms with van der Waals surface area (Å²) in [5, 5.41) is 17.6. The van der Waals surface area contributed by atoms with E-state index in [9.17, 15) is 0 Å². The number of aryl methyl sites for hydroxylation is 2. The third-order valence-electron chi connectivity index (χ3n) is 5.97. The Hall–Kier alpha value is -3.38. The average Bonchev–Trinajstić information content (AvgIpc) is 2.89. The zero-order chi connectivity index (χ0) is 23.6. The molecule has 1 aliphatic heterocycles. The van der Waals surface area contributed by atoms with Crippen LogP contribution < -0.4 is 4.90 Å². The molecule has 0 N–H and O–H groups in total. The van der Waals surface area contributed by atoms with Gasteiger partial charge in [0.25, 0.3) is 0 Å². The summed E-state index contributed by atoms with van der Waals surface area (Å²) in [6, 6.07) is 22.4. The molecule has 0 bridgehead atoms. The molecule has 6 heteroatoms. The van der Waals surface area contributed by atoms with Crippen molar-refractivity contribution in [3.63, 3.8) is 0 Å². The van der Waals surface area contributed by atoms with Gasteiger partial charge in [0, 0.05) is 18.8 Å². The number of ether oxygens (including phenoxy) is 1. The molecule has 1 heterocycles. The molecule has 0 radical (unpaired) electrons. The van der Waals surface area contributed by atoms with Gasteiger partial charge in [0.15, 0.2) is 0 Å². The minimum atomic E-state index is 0.780. The van der Waals surface area contributed by atoms with E-state index in [1.54, 1.807) is 0 Å². The van der Waals surface area contributed by atoms with Gasteiger partial charge < -0.3 is 9.64 Å². The Labute approximate surface area is 202 Å². The van der Waals surface area contributed by atoms with Gasteiger partial charge in [0.1, 0.15) is 0 Å². The Morgan fingerprint density at radius 2 is 1.35 bits per heavy atom. The first-order valence-electron chi connectivity index (χ1n) is 12.2. The Morgan fingerprint density at radius 3 is 2.03 bits per heavy atom. The number of azo groups is 2. The van der Waals surface area contributed by atoms with Crippen LogP contribution in [0.15, 0.2) is 87.2 Å². The van der Waals surface area contributed by atoms with Crippen molar-refractivity contribution in [1.29, 1.82) is 0 Å². The lowest BCUT2D eigenvalue weighted by atomic mass is 10.1. The lowest BCUT2D eigenvalue weighted by Gasteiger charge is -2.28. The highest BCUT2D eigenvalue weighted by Gasteiger charge is 2.10. The Kier molecular flexibility index (Phi) is 8.52. The molecule has 1 saturated heterocycles. The number of unbranched alkanes of at least 4 members (excludes halogenated alkanes) is 2. The van der Waals surface area contributed by atoms with Crippen molar-refractivity contribution in [3.8, 4) is 0 Å². The number of morpholine rings is 1. The molecular formula is C28H33N5O. The van der Waals surface area contributed by atoms with Gasteiger partial charge in [0.2, 0.25) is 0 Å². The van der Waals surface area contributed by atoms with Gasteiger partial charge in [-0.05, 0) is 85.5 Å². The summed E-state index contributed by atoms with van der Waals surface area (Å²) in [7, 11) is 0. The third kappa shape index (κ3) is 6.81. The van der Waals surface area contributed by atoms with E-state index in [-0.39, 0.29) is 0 Å². The van der Waals surface area contributed by atoms with Crippen LogP contribution in [0, 0.1) is 6.92 Å². The molecular weight excluding hydrogens is 422 g/mol. The van der Waals surface area contributed by atoms with Crippen LogP contribution in [-0.4, -0.2) is 26.3 Å². The van der Waals surface area contributed by atoms with Gasteiger partial charge in [0.05, 0.1) is 36.0 Å². The second kappa shape index (κ2) is 12.2.